The van der Waals surface area contributed by atoms with E-state index in [-0.39, 0.29) is 32.1 Å². The molecule has 0 aliphatic rings. The van der Waals surface area contributed by atoms with E-state index in [1.807, 2.05) is 18.2 Å². The molecule has 0 heterocycles. The Kier molecular flexibility index (Phi) is 35.2. The molecule has 0 spiro atoms. The van der Waals surface area contributed by atoms with E-state index < -0.39 is 20.0 Å². The average molecular weight is 721 g/mol. The maximum absolute atomic E-state index is 12.6. The van der Waals surface area contributed by atoms with E-state index in [4.69, 9.17) is 14.8 Å². The van der Waals surface area contributed by atoms with Crippen LogP contribution in [0.4, 0.5) is 0 Å². The Balaban J connectivity index is 4.46. The first-order valence-corrected chi connectivity index (χ1v) is 21.1. The zero-order valence-corrected chi connectivity index (χ0v) is 32.5. The molecule has 50 heavy (non-hydrogen) atoms. The second kappa shape index (κ2) is 36.7. The van der Waals surface area contributed by atoms with Crippen molar-refractivity contribution in [2.45, 2.75) is 161 Å². The number of unbranched alkanes of at least 4 members (excludes halogenated alkanes) is 14. The van der Waals surface area contributed by atoms with Crippen LogP contribution in [-0.2, 0) is 18.4 Å². The summed E-state index contributed by atoms with van der Waals surface area (Å²) in [6.45, 7) is 3.92. The summed E-state index contributed by atoms with van der Waals surface area (Å²) >= 11 is 0. The molecular formula is C41H73N2O6P. The molecule has 3 unspecified atom stereocenters. The minimum atomic E-state index is -4.36. The first-order valence-electron chi connectivity index (χ1n) is 19.6. The van der Waals surface area contributed by atoms with Gasteiger partial charge < -0.3 is 21.1 Å². The molecule has 3 atom stereocenters. The molecule has 8 nitrogen and oxygen atoms in total. The number of aliphatic hydroxyl groups is 1. The Labute approximate surface area is 306 Å². The molecule has 0 fully saturated rings. The summed E-state index contributed by atoms with van der Waals surface area (Å²) in [7, 11) is -4.36. The number of hydrogen-bond acceptors (Lipinski definition) is 6. The quantitative estimate of drug-likeness (QED) is 0.0291. The predicted molar refractivity (Wildman–Crippen MR) is 212 cm³/mol. The molecule has 5 N–H and O–H groups in total. The fraction of sp³-hybridized carbons (Fsp3) is 0.683. The lowest BCUT2D eigenvalue weighted by Crippen LogP contribution is -2.45. The first kappa shape index (κ1) is 47.9. The van der Waals surface area contributed by atoms with Crippen LogP contribution in [0.15, 0.2) is 72.9 Å². The van der Waals surface area contributed by atoms with Gasteiger partial charge >= 0.3 is 7.82 Å². The van der Waals surface area contributed by atoms with Gasteiger partial charge in [0.2, 0.25) is 5.91 Å². The molecule has 0 radical (unpaired) electrons. The van der Waals surface area contributed by atoms with Crippen molar-refractivity contribution in [1.29, 1.82) is 0 Å². The lowest BCUT2D eigenvalue weighted by Gasteiger charge is -2.23. The highest BCUT2D eigenvalue weighted by molar-refractivity contribution is 7.47. The molecular weight excluding hydrogens is 647 g/mol. The number of carbonyl (C=O) groups is 1. The van der Waals surface area contributed by atoms with Crippen molar-refractivity contribution in [3.05, 3.63) is 72.9 Å². The number of nitrogens with two attached hydrogens (primary N) is 1. The maximum Gasteiger partial charge on any atom is 0.472 e. The number of nitrogens with one attached hydrogen (secondary N) is 1. The number of phosphoric ester groups is 1. The zero-order valence-electron chi connectivity index (χ0n) is 31.6. The fourth-order valence-corrected chi connectivity index (χ4v) is 5.90. The van der Waals surface area contributed by atoms with Crippen molar-refractivity contribution in [1.82, 2.24) is 5.32 Å². The van der Waals surface area contributed by atoms with Crippen molar-refractivity contribution < 1.29 is 28.4 Å². The molecule has 0 aliphatic heterocycles. The lowest BCUT2D eigenvalue weighted by molar-refractivity contribution is -0.122. The third kappa shape index (κ3) is 34.4. The van der Waals surface area contributed by atoms with Crippen molar-refractivity contribution in [3.8, 4) is 0 Å². The van der Waals surface area contributed by atoms with Gasteiger partial charge in [0.25, 0.3) is 0 Å². The van der Waals surface area contributed by atoms with Gasteiger partial charge in [0.15, 0.2) is 0 Å². The highest BCUT2D eigenvalue weighted by atomic mass is 31.2. The van der Waals surface area contributed by atoms with E-state index in [1.165, 1.54) is 77.0 Å². The van der Waals surface area contributed by atoms with E-state index in [9.17, 15) is 19.4 Å². The van der Waals surface area contributed by atoms with Crippen molar-refractivity contribution in [2.24, 2.45) is 5.73 Å². The minimum Gasteiger partial charge on any atom is -0.387 e. The molecule has 0 rings (SSSR count). The van der Waals surface area contributed by atoms with Crippen LogP contribution < -0.4 is 11.1 Å². The zero-order chi connectivity index (χ0) is 36.8. The van der Waals surface area contributed by atoms with Gasteiger partial charge in [0.1, 0.15) is 0 Å². The number of allylic oxidation sites excluding steroid dienone is 10. The smallest absolute Gasteiger partial charge is 0.387 e. The van der Waals surface area contributed by atoms with E-state index in [0.29, 0.717) is 6.42 Å². The summed E-state index contributed by atoms with van der Waals surface area (Å²) in [5.41, 5.74) is 5.35. The summed E-state index contributed by atoms with van der Waals surface area (Å²) in [6, 6.07) is -0.917. The Morgan fingerprint density at radius 3 is 1.62 bits per heavy atom. The SMILES string of the molecule is CC/C=C\C/C=C\C/C=C\C/C=C\C/C=C\CC(=O)NC(COP(=O)(O)OCCN)C(O)/C=C/CCCCCCCCCCCCCCCC. The lowest BCUT2D eigenvalue weighted by atomic mass is 10.0. The van der Waals surface area contributed by atoms with Gasteiger partial charge in [0, 0.05) is 13.0 Å². The van der Waals surface area contributed by atoms with Gasteiger partial charge in [-0.1, -0.05) is 170 Å². The number of carbonyl (C=O) groups excluding carboxylic acids is 1. The van der Waals surface area contributed by atoms with Crippen LogP contribution in [0, 0.1) is 0 Å². The summed E-state index contributed by atoms with van der Waals surface area (Å²) in [5.74, 6) is -0.324. The molecule has 1 amide bonds. The third-order valence-electron chi connectivity index (χ3n) is 8.07. The van der Waals surface area contributed by atoms with Crippen LogP contribution in [-0.4, -0.2) is 47.8 Å². The second-order valence-electron chi connectivity index (χ2n) is 12.8. The Morgan fingerprint density at radius 1 is 0.680 bits per heavy atom. The van der Waals surface area contributed by atoms with Crippen LogP contribution in [0.5, 0.6) is 0 Å². The second-order valence-corrected chi connectivity index (χ2v) is 14.2. The summed E-state index contributed by atoms with van der Waals surface area (Å²) in [6.07, 6.45) is 46.9. The van der Waals surface area contributed by atoms with Crippen molar-refractivity contribution in [3.63, 3.8) is 0 Å². The normalized spacial score (nSPS) is 15.1. The van der Waals surface area contributed by atoms with Gasteiger partial charge in [-0.05, 0) is 44.9 Å². The van der Waals surface area contributed by atoms with E-state index in [0.717, 1.165) is 44.9 Å². The molecule has 0 saturated heterocycles. The monoisotopic (exact) mass is 721 g/mol. The van der Waals surface area contributed by atoms with Crippen LogP contribution in [0.25, 0.3) is 0 Å². The highest BCUT2D eigenvalue weighted by Gasteiger charge is 2.26. The van der Waals surface area contributed by atoms with Gasteiger partial charge in [-0.25, -0.2) is 4.57 Å². The molecule has 0 saturated carbocycles. The number of hydrogen-bond donors (Lipinski definition) is 4. The maximum atomic E-state index is 12.6. The van der Waals surface area contributed by atoms with Crippen LogP contribution in [0.2, 0.25) is 0 Å². The molecule has 0 bridgehead atoms. The van der Waals surface area contributed by atoms with Crippen LogP contribution in [0.3, 0.4) is 0 Å². The fourth-order valence-electron chi connectivity index (χ4n) is 5.14. The molecule has 0 aromatic heterocycles. The molecule has 0 aromatic carbocycles. The first-order chi connectivity index (χ1) is 24.4. The van der Waals surface area contributed by atoms with E-state index in [2.05, 4.69) is 61.7 Å². The van der Waals surface area contributed by atoms with Crippen molar-refractivity contribution >= 4 is 13.7 Å². The summed E-state index contributed by atoms with van der Waals surface area (Å²) in [4.78, 5) is 22.5. The molecule has 288 valence electrons. The molecule has 0 aliphatic carbocycles. The van der Waals surface area contributed by atoms with Crippen LogP contribution >= 0.6 is 7.82 Å². The largest absolute Gasteiger partial charge is 0.472 e. The van der Waals surface area contributed by atoms with E-state index >= 15 is 0 Å². The summed E-state index contributed by atoms with van der Waals surface area (Å²) < 4.78 is 22.0. The standard InChI is InChI=1S/C41H73N2O6P/c1-3-5-7-9-11-13-15-17-19-21-22-24-26-28-30-32-34-40(44)39(38-49-50(46,47)48-37-36-42)43-41(45)35-33-31-29-27-25-23-20-18-16-14-12-10-8-6-4-2/h6,8,12,14,18,20,25,27,31-34,39-40,44H,3-5,7,9-11,13,15-17,19,21-24,26,28-30,35-38,42H2,1-2H3,(H,43,45)(H,46,47)/b8-6-,14-12-,20-18-,27-25-,33-31-,34-32+. The van der Waals surface area contributed by atoms with Gasteiger partial charge in [-0.15, -0.1) is 0 Å². The van der Waals surface area contributed by atoms with Crippen LogP contribution in [0.1, 0.15) is 149 Å². The average Bonchev–Trinajstić information content (AvgIpc) is 3.10. The van der Waals surface area contributed by atoms with E-state index in [1.54, 1.807) is 12.2 Å². The number of phosphoric acid groups is 1. The Morgan fingerprint density at radius 2 is 1.14 bits per heavy atom. The molecule has 9 heteroatoms. The Bertz CT molecular complexity index is 1010. The third-order valence-corrected chi connectivity index (χ3v) is 9.05. The topological polar surface area (TPSA) is 131 Å². The van der Waals surface area contributed by atoms with Gasteiger partial charge in [-0.2, -0.15) is 0 Å². The highest BCUT2D eigenvalue weighted by Crippen LogP contribution is 2.43. The van der Waals surface area contributed by atoms with Gasteiger partial charge in [-0.3, -0.25) is 13.8 Å². The van der Waals surface area contributed by atoms with Gasteiger partial charge in [0.05, 0.1) is 25.4 Å². The Hall–Kier alpha value is -2.06. The summed E-state index contributed by atoms with van der Waals surface area (Å²) in [5, 5.41) is 13.5. The number of amides is 1. The molecule has 0 aromatic rings. The van der Waals surface area contributed by atoms with Crippen molar-refractivity contribution in [2.75, 3.05) is 19.8 Å². The minimum absolute atomic E-state index is 0.0614. The predicted octanol–water partition coefficient (Wildman–Crippen LogP) is 10.5. The number of rotatable bonds is 35. The number of aliphatic hydroxyl groups excluding tert-OH is 1.